The summed E-state index contributed by atoms with van der Waals surface area (Å²) in [6, 6.07) is 6.85. The van der Waals surface area contributed by atoms with Gasteiger partial charge in [-0.15, -0.1) is 0 Å². The normalized spacial score (nSPS) is 10.5. The molecule has 0 radical (unpaired) electrons. The molecule has 7 heteroatoms. The molecule has 1 heterocycles. The number of rotatable bonds is 6. The predicted molar refractivity (Wildman–Crippen MR) is 87.2 cm³/mol. The zero-order valence-electron chi connectivity index (χ0n) is 13.3. The molecule has 7 nitrogen and oxygen atoms in total. The largest absolute Gasteiger partial charge is 0.349 e. The first kappa shape index (κ1) is 16.7. The van der Waals surface area contributed by atoms with E-state index < -0.39 is 5.91 Å². The molecule has 0 fully saturated rings. The summed E-state index contributed by atoms with van der Waals surface area (Å²) >= 11 is 0. The van der Waals surface area contributed by atoms with Crippen LogP contribution in [0.3, 0.4) is 0 Å². The van der Waals surface area contributed by atoms with Crippen LogP contribution in [-0.2, 0) is 4.79 Å². The molecule has 2 amide bonds. The Bertz CT molecular complexity index is 769. The Morgan fingerprint density at radius 1 is 1.30 bits per heavy atom. The Labute approximate surface area is 133 Å². The summed E-state index contributed by atoms with van der Waals surface area (Å²) in [5.41, 5.74) is 0.142. The van der Waals surface area contributed by atoms with E-state index in [1.807, 2.05) is 6.92 Å². The highest BCUT2D eigenvalue weighted by atomic mass is 16.2. The lowest BCUT2D eigenvalue weighted by Gasteiger charge is -2.16. The third kappa shape index (κ3) is 4.15. The number of nitrogens with zero attached hydrogens (tertiary/aromatic N) is 2. The van der Waals surface area contributed by atoms with Crippen LogP contribution in [0.15, 0.2) is 29.1 Å². The lowest BCUT2D eigenvalue weighted by molar-refractivity contribution is -0.129. The number of para-hydroxylation sites is 1. The quantitative estimate of drug-likeness (QED) is 0.774. The maximum absolute atomic E-state index is 12.1. The minimum absolute atomic E-state index is 0.00770. The number of aromatic nitrogens is 2. The molecule has 2 aromatic rings. The Hall–Kier alpha value is -2.70. The molecule has 1 aromatic carbocycles. The average molecular weight is 316 g/mol. The molecule has 2 rings (SSSR count). The number of fused-ring (bicyclic) bond motifs is 1. The van der Waals surface area contributed by atoms with Crippen molar-refractivity contribution in [3.63, 3.8) is 0 Å². The molecule has 0 aliphatic heterocycles. The molecule has 0 saturated heterocycles. The first-order valence-corrected chi connectivity index (χ1v) is 7.54. The number of amides is 2. The summed E-state index contributed by atoms with van der Waals surface area (Å²) in [5.74, 6) is -0.374. The fourth-order valence-corrected chi connectivity index (χ4v) is 2.19. The van der Waals surface area contributed by atoms with Gasteiger partial charge in [0.05, 0.1) is 10.9 Å². The van der Waals surface area contributed by atoms with E-state index in [0.717, 1.165) is 0 Å². The third-order valence-electron chi connectivity index (χ3n) is 3.51. The number of hydrogen-bond donors (Lipinski definition) is 2. The molecule has 0 atom stereocenters. The first-order chi connectivity index (χ1) is 11.0. The van der Waals surface area contributed by atoms with Crippen LogP contribution in [-0.4, -0.2) is 46.8 Å². The topological polar surface area (TPSA) is 95.2 Å². The van der Waals surface area contributed by atoms with E-state index in [1.54, 1.807) is 36.2 Å². The summed E-state index contributed by atoms with van der Waals surface area (Å²) in [4.78, 5) is 43.6. The summed E-state index contributed by atoms with van der Waals surface area (Å²) in [6.45, 7) is 2.77. The zero-order valence-corrected chi connectivity index (χ0v) is 13.3. The van der Waals surface area contributed by atoms with Crippen LogP contribution < -0.4 is 10.9 Å². The van der Waals surface area contributed by atoms with Crippen molar-refractivity contribution in [1.82, 2.24) is 20.2 Å². The minimum atomic E-state index is -0.433. The van der Waals surface area contributed by atoms with Gasteiger partial charge in [-0.05, 0) is 18.6 Å². The third-order valence-corrected chi connectivity index (χ3v) is 3.51. The zero-order chi connectivity index (χ0) is 16.8. The van der Waals surface area contributed by atoms with E-state index in [-0.39, 0.29) is 17.3 Å². The van der Waals surface area contributed by atoms with Gasteiger partial charge in [-0.3, -0.25) is 14.4 Å². The van der Waals surface area contributed by atoms with Crippen molar-refractivity contribution in [2.24, 2.45) is 0 Å². The summed E-state index contributed by atoms with van der Waals surface area (Å²) < 4.78 is 0. The van der Waals surface area contributed by atoms with Crippen LogP contribution in [0.5, 0.6) is 0 Å². The van der Waals surface area contributed by atoms with E-state index in [2.05, 4.69) is 15.3 Å². The summed E-state index contributed by atoms with van der Waals surface area (Å²) in [7, 11) is 1.73. The van der Waals surface area contributed by atoms with Crippen LogP contribution >= 0.6 is 0 Å². The summed E-state index contributed by atoms with van der Waals surface area (Å²) in [5, 5.41) is 3.14. The lowest BCUT2D eigenvalue weighted by Crippen LogP contribution is -2.32. The summed E-state index contributed by atoms with van der Waals surface area (Å²) in [6.07, 6.45) is 1.09. The van der Waals surface area contributed by atoms with Crippen molar-refractivity contribution in [3.05, 3.63) is 40.4 Å². The predicted octanol–water partition coefficient (Wildman–Crippen LogP) is 0.911. The maximum atomic E-state index is 12.1. The second-order valence-corrected chi connectivity index (χ2v) is 5.21. The van der Waals surface area contributed by atoms with Crippen LogP contribution in [0.1, 0.15) is 30.4 Å². The number of carbonyl (C=O) groups is 2. The van der Waals surface area contributed by atoms with Gasteiger partial charge in [0.15, 0.2) is 5.82 Å². The van der Waals surface area contributed by atoms with Gasteiger partial charge in [-0.25, -0.2) is 4.98 Å². The number of hydrogen-bond acceptors (Lipinski definition) is 4. The van der Waals surface area contributed by atoms with Crippen LogP contribution in [0, 0.1) is 0 Å². The number of nitrogens with one attached hydrogen (secondary N) is 2. The number of benzene rings is 1. The molecule has 0 unspecified atom stereocenters. The van der Waals surface area contributed by atoms with Crippen molar-refractivity contribution >= 4 is 22.7 Å². The second-order valence-electron chi connectivity index (χ2n) is 5.21. The van der Waals surface area contributed by atoms with E-state index in [9.17, 15) is 14.4 Å². The average Bonchev–Trinajstić information content (AvgIpc) is 2.57. The standard InChI is InChI=1S/C16H20N4O3/c1-3-13(21)20(2)10-6-9-17-16(23)14-18-12-8-5-4-7-11(12)15(22)19-14/h4-5,7-8H,3,6,9-10H2,1-2H3,(H,17,23)(H,18,19,22). The number of carbonyl (C=O) groups excluding carboxylic acids is 2. The molecule has 1 aromatic heterocycles. The molecule has 0 aliphatic rings. The SMILES string of the molecule is CCC(=O)N(C)CCCNC(=O)c1nc2ccccc2c(=O)[nH]1. The van der Waals surface area contributed by atoms with E-state index >= 15 is 0 Å². The van der Waals surface area contributed by atoms with Gasteiger partial charge in [0.2, 0.25) is 5.91 Å². The molecule has 0 bridgehead atoms. The highest BCUT2D eigenvalue weighted by Crippen LogP contribution is 2.05. The molecule has 0 aliphatic carbocycles. The Morgan fingerprint density at radius 3 is 2.78 bits per heavy atom. The molecule has 23 heavy (non-hydrogen) atoms. The van der Waals surface area contributed by atoms with Crippen molar-refractivity contribution in [2.75, 3.05) is 20.1 Å². The van der Waals surface area contributed by atoms with Gasteiger partial charge in [-0.2, -0.15) is 0 Å². The first-order valence-electron chi connectivity index (χ1n) is 7.54. The van der Waals surface area contributed by atoms with E-state index in [1.165, 1.54) is 0 Å². The van der Waals surface area contributed by atoms with Crippen molar-refractivity contribution < 1.29 is 9.59 Å². The number of aromatic amines is 1. The van der Waals surface area contributed by atoms with Gasteiger partial charge in [0, 0.05) is 26.6 Å². The highest BCUT2D eigenvalue weighted by Gasteiger charge is 2.11. The Morgan fingerprint density at radius 2 is 2.04 bits per heavy atom. The van der Waals surface area contributed by atoms with Crippen LogP contribution in [0.25, 0.3) is 10.9 Å². The molecule has 2 N–H and O–H groups in total. The van der Waals surface area contributed by atoms with Crippen LogP contribution in [0.2, 0.25) is 0 Å². The van der Waals surface area contributed by atoms with Gasteiger partial charge >= 0.3 is 0 Å². The fraction of sp³-hybridized carbons (Fsp3) is 0.375. The fourth-order valence-electron chi connectivity index (χ4n) is 2.19. The van der Waals surface area contributed by atoms with E-state index in [4.69, 9.17) is 0 Å². The van der Waals surface area contributed by atoms with Gasteiger partial charge in [0.25, 0.3) is 11.5 Å². The molecular weight excluding hydrogens is 296 g/mol. The van der Waals surface area contributed by atoms with E-state index in [0.29, 0.717) is 36.8 Å². The Balaban J connectivity index is 1.94. The molecule has 0 spiro atoms. The van der Waals surface area contributed by atoms with Crippen LogP contribution in [0.4, 0.5) is 0 Å². The molecule has 122 valence electrons. The minimum Gasteiger partial charge on any atom is -0.349 e. The van der Waals surface area contributed by atoms with Crippen molar-refractivity contribution in [1.29, 1.82) is 0 Å². The van der Waals surface area contributed by atoms with Gasteiger partial charge < -0.3 is 15.2 Å². The number of H-pyrrole nitrogens is 1. The van der Waals surface area contributed by atoms with Gasteiger partial charge in [0.1, 0.15) is 0 Å². The maximum Gasteiger partial charge on any atom is 0.287 e. The monoisotopic (exact) mass is 316 g/mol. The lowest BCUT2D eigenvalue weighted by atomic mass is 10.2. The van der Waals surface area contributed by atoms with Crippen molar-refractivity contribution in [3.8, 4) is 0 Å². The van der Waals surface area contributed by atoms with Crippen molar-refractivity contribution in [2.45, 2.75) is 19.8 Å². The second kappa shape index (κ2) is 7.53. The smallest absolute Gasteiger partial charge is 0.287 e. The van der Waals surface area contributed by atoms with Gasteiger partial charge in [-0.1, -0.05) is 19.1 Å². The Kier molecular flexibility index (Phi) is 5.46. The molecule has 0 saturated carbocycles. The highest BCUT2D eigenvalue weighted by molar-refractivity contribution is 5.92. The molecular formula is C16H20N4O3.